The van der Waals surface area contributed by atoms with Crippen LogP contribution < -0.4 is 34.7 Å². The molecule has 0 aliphatic carbocycles. The van der Waals surface area contributed by atoms with E-state index in [1.807, 2.05) is 0 Å². The second-order valence-corrected chi connectivity index (χ2v) is 9.05. The fourth-order valence-electron chi connectivity index (χ4n) is 1.56. The molecule has 0 amide bonds. The van der Waals surface area contributed by atoms with Crippen LogP contribution in [0.3, 0.4) is 0 Å². The molecular formula is C16H19NaO11S2. The van der Waals surface area contributed by atoms with Gasteiger partial charge < -0.3 is 18.7 Å². The van der Waals surface area contributed by atoms with E-state index in [-0.39, 0.29) is 71.6 Å². The van der Waals surface area contributed by atoms with Crippen LogP contribution in [0.5, 0.6) is 0 Å². The van der Waals surface area contributed by atoms with Crippen LogP contribution in [0.1, 0.15) is 46.5 Å². The van der Waals surface area contributed by atoms with Crippen molar-refractivity contribution in [3.8, 4) is 0 Å². The predicted octanol–water partition coefficient (Wildman–Crippen LogP) is -2.53. The number of carbonyl (C=O) groups is 2. The molecule has 0 spiro atoms. The van der Waals surface area contributed by atoms with Crippen molar-refractivity contribution in [3.05, 3.63) is 47.3 Å². The first-order chi connectivity index (χ1) is 13.5. The van der Waals surface area contributed by atoms with Gasteiger partial charge >= 0.3 is 29.6 Å². The SMILES string of the molecule is CCS(=O)(=O)OCc1ccc(C(=O)[O-])o1.CCS(=O)(=O)OCc1ccc(C=O)o1.[Na+]. The molecule has 14 heteroatoms. The monoisotopic (exact) mass is 474 g/mol. The Kier molecular flexibility index (Phi) is 12.4. The van der Waals surface area contributed by atoms with E-state index in [1.165, 1.54) is 38.1 Å². The summed E-state index contributed by atoms with van der Waals surface area (Å²) in [6, 6.07) is 5.43. The zero-order chi connectivity index (χ0) is 22.1. The summed E-state index contributed by atoms with van der Waals surface area (Å²) in [5.74, 6) is -1.48. The van der Waals surface area contributed by atoms with Gasteiger partial charge in [0.25, 0.3) is 20.2 Å². The summed E-state index contributed by atoms with van der Waals surface area (Å²) < 4.78 is 62.4. The first kappa shape index (κ1) is 28.5. The Morgan fingerprint density at radius 2 is 1.40 bits per heavy atom. The Morgan fingerprint density at radius 3 is 1.77 bits per heavy atom. The van der Waals surface area contributed by atoms with E-state index in [0.29, 0.717) is 12.0 Å². The number of furan rings is 2. The molecule has 0 saturated heterocycles. The van der Waals surface area contributed by atoms with Crippen molar-refractivity contribution in [1.29, 1.82) is 0 Å². The van der Waals surface area contributed by atoms with Gasteiger partial charge in [-0.25, -0.2) is 0 Å². The zero-order valence-corrected chi connectivity index (χ0v) is 20.2. The summed E-state index contributed by atoms with van der Waals surface area (Å²) in [5, 5.41) is 10.3. The third-order valence-electron chi connectivity index (χ3n) is 3.13. The van der Waals surface area contributed by atoms with Crippen LogP contribution in [0.15, 0.2) is 33.1 Å². The van der Waals surface area contributed by atoms with Gasteiger partial charge in [-0.05, 0) is 38.1 Å². The number of aromatic carboxylic acids is 1. The Labute approximate surface area is 195 Å². The van der Waals surface area contributed by atoms with Gasteiger partial charge in [-0.15, -0.1) is 0 Å². The molecule has 0 N–H and O–H groups in total. The van der Waals surface area contributed by atoms with Crippen LogP contribution in [0, 0.1) is 0 Å². The molecule has 2 aromatic heterocycles. The van der Waals surface area contributed by atoms with Gasteiger partial charge in [0.05, 0.1) is 11.5 Å². The molecule has 0 radical (unpaired) electrons. The molecule has 2 rings (SSSR count). The summed E-state index contributed by atoms with van der Waals surface area (Å²) in [5.41, 5.74) is 0. The fourth-order valence-corrected chi connectivity index (χ4v) is 2.49. The molecule has 162 valence electrons. The summed E-state index contributed by atoms with van der Waals surface area (Å²) in [7, 11) is -7.02. The van der Waals surface area contributed by atoms with Crippen molar-refractivity contribution in [2.75, 3.05) is 11.5 Å². The number of hydrogen-bond acceptors (Lipinski definition) is 11. The summed E-state index contributed by atoms with van der Waals surface area (Å²) in [4.78, 5) is 20.5. The minimum Gasteiger partial charge on any atom is -0.542 e. The second kappa shape index (κ2) is 13.0. The normalized spacial score (nSPS) is 11.1. The molecule has 2 heterocycles. The number of carboxylic acids is 1. The van der Waals surface area contributed by atoms with Gasteiger partial charge in [0.1, 0.15) is 36.5 Å². The maximum absolute atomic E-state index is 10.9. The molecule has 0 aliphatic heterocycles. The number of rotatable bonds is 10. The molecule has 0 bridgehead atoms. The van der Waals surface area contributed by atoms with Crippen LogP contribution in [-0.2, 0) is 41.8 Å². The van der Waals surface area contributed by atoms with E-state index < -0.39 is 26.2 Å². The molecule has 0 fully saturated rings. The third-order valence-corrected chi connectivity index (χ3v) is 5.50. The minimum atomic E-state index is -3.55. The Balaban J connectivity index is 0.000000544. The third kappa shape index (κ3) is 10.5. The van der Waals surface area contributed by atoms with E-state index in [9.17, 15) is 31.5 Å². The average Bonchev–Trinajstić information content (AvgIpc) is 3.35. The topological polar surface area (TPSA) is 170 Å². The van der Waals surface area contributed by atoms with Gasteiger partial charge in [0.2, 0.25) is 0 Å². The Morgan fingerprint density at radius 1 is 0.933 bits per heavy atom. The van der Waals surface area contributed by atoms with E-state index >= 15 is 0 Å². The summed E-state index contributed by atoms with van der Waals surface area (Å²) in [6.07, 6.45) is 0.540. The molecular weight excluding hydrogens is 455 g/mol. The molecule has 0 unspecified atom stereocenters. The largest absolute Gasteiger partial charge is 1.00 e. The van der Waals surface area contributed by atoms with Crippen LogP contribution in [0.4, 0.5) is 0 Å². The first-order valence-electron chi connectivity index (χ1n) is 8.10. The van der Waals surface area contributed by atoms with Crippen molar-refractivity contribution in [1.82, 2.24) is 0 Å². The van der Waals surface area contributed by atoms with Gasteiger partial charge in [0.15, 0.2) is 12.0 Å². The molecule has 0 atom stereocenters. The molecule has 0 aliphatic rings. The van der Waals surface area contributed by atoms with Crippen molar-refractivity contribution in [2.24, 2.45) is 0 Å². The van der Waals surface area contributed by atoms with Gasteiger partial charge in [-0.2, -0.15) is 16.8 Å². The zero-order valence-electron chi connectivity index (χ0n) is 16.5. The van der Waals surface area contributed by atoms with Crippen molar-refractivity contribution >= 4 is 32.5 Å². The summed E-state index contributed by atoms with van der Waals surface area (Å²) >= 11 is 0. The summed E-state index contributed by atoms with van der Waals surface area (Å²) in [6.45, 7) is 2.42. The van der Waals surface area contributed by atoms with Gasteiger partial charge in [0, 0.05) is 0 Å². The van der Waals surface area contributed by atoms with E-state index in [0.717, 1.165) is 0 Å². The molecule has 2 aromatic rings. The number of carboxylic acid groups (broad SMARTS) is 1. The van der Waals surface area contributed by atoms with Crippen molar-refractivity contribution in [2.45, 2.75) is 27.1 Å². The van der Waals surface area contributed by atoms with Crippen LogP contribution >= 0.6 is 0 Å². The Hall–Kier alpha value is -1.48. The number of carbonyl (C=O) groups excluding carboxylic acids is 2. The molecule has 0 saturated carbocycles. The molecule has 0 aromatic carbocycles. The van der Waals surface area contributed by atoms with Crippen LogP contribution in [-0.4, -0.2) is 40.6 Å². The predicted molar refractivity (Wildman–Crippen MR) is 95.6 cm³/mol. The standard InChI is InChI=1S/C8H10O6S.C8H10O5S.Na/c1-2-15(11,12)13-5-6-3-4-7(14-6)8(9)10;1-2-14(10,11)12-6-8-4-3-7(5-9)13-8;/h3-4H,2,5H2,1H3,(H,9,10);3-5H,2,6H2,1H3;/q;;+1/p-1. The maximum Gasteiger partial charge on any atom is 1.00 e. The molecule has 30 heavy (non-hydrogen) atoms. The van der Waals surface area contributed by atoms with Crippen LogP contribution in [0.2, 0.25) is 0 Å². The van der Waals surface area contributed by atoms with Crippen molar-refractivity contribution in [3.63, 3.8) is 0 Å². The minimum absolute atomic E-state index is 0. The maximum atomic E-state index is 10.9. The van der Waals surface area contributed by atoms with E-state index in [4.69, 9.17) is 8.83 Å². The van der Waals surface area contributed by atoms with Crippen molar-refractivity contribution < 1.29 is 78.3 Å². The first-order valence-corrected chi connectivity index (χ1v) is 11.3. The quantitative estimate of drug-likeness (QED) is 0.202. The smallest absolute Gasteiger partial charge is 0.542 e. The van der Waals surface area contributed by atoms with Crippen LogP contribution in [0.25, 0.3) is 0 Å². The fraction of sp³-hybridized carbons (Fsp3) is 0.375. The Bertz CT molecular complexity index is 1020. The van der Waals surface area contributed by atoms with E-state index in [1.54, 1.807) is 0 Å². The average molecular weight is 474 g/mol. The van der Waals surface area contributed by atoms with Gasteiger partial charge in [-0.3, -0.25) is 13.2 Å². The number of aldehydes is 1. The number of hydrogen-bond donors (Lipinski definition) is 0. The van der Waals surface area contributed by atoms with E-state index in [2.05, 4.69) is 8.37 Å². The van der Waals surface area contributed by atoms with Gasteiger partial charge in [-0.1, -0.05) is 0 Å². The molecule has 11 nitrogen and oxygen atoms in total. The second-order valence-electron chi connectivity index (χ2n) is 5.19.